The van der Waals surface area contributed by atoms with E-state index in [9.17, 15) is 4.79 Å². The predicted molar refractivity (Wildman–Crippen MR) is 48.7 cm³/mol. The van der Waals surface area contributed by atoms with E-state index in [1.54, 1.807) is 7.11 Å². The summed E-state index contributed by atoms with van der Waals surface area (Å²) in [7, 11) is 1.68. The maximum absolute atomic E-state index is 10.6. The van der Waals surface area contributed by atoms with Crippen LogP contribution in [0.5, 0.6) is 0 Å². The van der Waals surface area contributed by atoms with Crippen LogP contribution in [0.4, 0.5) is 0 Å². The summed E-state index contributed by atoms with van der Waals surface area (Å²) in [6.45, 7) is 0.760. The lowest BCUT2D eigenvalue weighted by Crippen LogP contribution is -2.35. The third-order valence-electron chi connectivity index (χ3n) is 2.44. The molecule has 0 saturated carbocycles. The van der Waals surface area contributed by atoms with Crippen LogP contribution >= 0.6 is 0 Å². The second-order valence-corrected chi connectivity index (χ2v) is 3.47. The van der Waals surface area contributed by atoms with Gasteiger partial charge in [-0.2, -0.15) is 0 Å². The van der Waals surface area contributed by atoms with Crippen LogP contribution in [0.25, 0.3) is 0 Å². The highest BCUT2D eigenvalue weighted by Gasteiger charge is 2.27. The molecule has 1 saturated heterocycles. The molecule has 0 spiro atoms. The van der Waals surface area contributed by atoms with Crippen molar-refractivity contribution in [2.45, 2.75) is 37.8 Å². The number of hydrogen-bond donors (Lipinski definition) is 2. The summed E-state index contributed by atoms with van der Waals surface area (Å²) in [5.41, 5.74) is 0. The van der Waals surface area contributed by atoms with Gasteiger partial charge in [0.2, 0.25) is 0 Å². The maximum Gasteiger partial charge on any atom is 0.320 e. The van der Waals surface area contributed by atoms with Crippen molar-refractivity contribution in [1.82, 2.24) is 5.32 Å². The molecule has 1 heterocycles. The Morgan fingerprint density at radius 2 is 2.38 bits per heavy atom. The average Bonchev–Trinajstić information content (AvgIpc) is 2.53. The summed E-state index contributed by atoms with van der Waals surface area (Å²) in [6, 6.07) is 0.0452. The van der Waals surface area contributed by atoms with E-state index >= 15 is 0 Å². The fraction of sp³-hybridized carbons (Fsp3) is 0.889. The van der Waals surface area contributed by atoms with Crippen molar-refractivity contribution in [2.75, 3.05) is 13.7 Å². The van der Waals surface area contributed by atoms with Crippen molar-refractivity contribution in [1.29, 1.82) is 0 Å². The number of ether oxygens (including phenoxy) is 1. The van der Waals surface area contributed by atoms with Crippen molar-refractivity contribution in [2.24, 2.45) is 0 Å². The molecule has 0 aliphatic carbocycles. The fourth-order valence-corrected chi connectivity index (χ4v) is 1.72. The van der Waals surface area contributed by atoms with Gasteiger partial charge in [-0.25, -0.2) is 0 Å². The molecule has 1 aliphatic rings. The second kappa shape index (κ2) is 5.19. The highest BCUT2D eigenvalue weighted by atomic mass is 16.5. The molecule has 13 heavy (non-hydrogen) atoms. The van der Waals surface area contributed by atoms with Crippen molar-refractivity contribution in [3.8, 4) is 0 Å². The lowest BCUT2D eigenvalue weighted by atomic mass is 10.1. The molecule has 0 radical (unpaired) electrons. The Kier molecular flexibility index (Phi) is 4.18. The lowest BCUT2D eigenvalue weighted by molar-refractivity contribution is -0.139. The van der Waals surface area contributed by atoms with Gasteiger partial charge in [-0.3, -0.25) is 4.79 Å². The van der Waals surface area contributed by atoms with Gasteiger partial charge in [0, 0.05) is 19.8 Å². The van der Waals surface area contributed by atoms with Crippen LogP contribution in [0.1, 0.15) is 25.7 Å². The number of aliphatic carboxylic acids is 1. The molecule has 1 fully saturated rings. The van der Waals surface area contributed by atoms with E-state index in [0.29, 0.717) is 6.04 Å². The molecule has 2 N–H and O–H groups in total. The van der Waals surface area contributed by atoms with Gasteiger partial charge in [0.15, 0.2) is 0 Å². The Balaban J connectivity index is 2.14. The van der Waals surface area contributed by atoms with Gasteiger partial charge in [-0.1, -0.05) is 0 Å². The van der Waals surface area contributed by atoms with Crippen LogP contribution in [0.2, 0.25) is 0 Å². The normalized spacial score (nSPS) is 27.8. The van der Waals surface area contributed by atoms with Crippen molar-refractivity contribution >= 4 is 5.97 Å². The SMILES string of the molecule is COCCCC1CCC(C(=O)O)N1. The van der Waals surface area contributed by atoms with Crippen LogP contribution in [-0.4, -0.2) is 36.9 Å². The molecule has 0 bridgehead atoms. The van der Waals surface area contributed by atoms with Gasteiger partial charge in [-0.05, 0) is 25.7 Å². The number of hydrogen-bond acceptors (Lipinski definition) is 3. The number of carbonyl (C=O) groups is 1. The molecule has 4 nitrogen and oxygen atoms in total. The molecule has 0 aromatic rings. The molecule has 2 atom stereocenters. The first-order valence-corrected chi connectivity index (χ1v) is 4.72. The minimum atomic E-state index is -0.728. The van der Waals surface area contributed by atoms with E-state index < -0.39 is 5.97 Å². The molecule has 76 valence electrons. The molecule has 1 aliphatic heterocycles. The van der Waals surface area contributed by atoms with Gasteiger partial charge >= 0.3 is 5.97 Å². The highest BCUT2D eigenvalue weighted by molar-refractivity contribution is 5.73. The Morgan fingerprint density at radius 1 is 1.62 bits per heavy atom. The molecular weight excluding hydrogens is 170 g/mol. The zero-order valence-electron chi connectivity index (χ0n) is 7.95. The zero-order chi connectivity index (χ0) is 9.68. The van der Waals surface area contributed by atoms with Crippen molar-refractivity contribution in [3.05, 3.63) is 0 Å². The van der Waals surface area contributed by atoms with Crippen LogP contribution in [-0.2, 0) is 9.53 Å². The summed E-state index contributed by atoms with van der Waals surface area (Å²) in [4.78, 5) is 10.6. The van der Waals surface area contributed by atoms with E-state index in [4.69, 9.17) is 9.84 Å². The van der Waals surface area contributed by atoms with Gasteiger partial charge < -0.3 is 15.2 Å². The number of carboxylic acid groups (broad SMARTS) is 1. The lowest BCUT2D eigenvalue weighted by Gasteiger charge is -2.10. The molecule has 4 heteroatoms. The Labute approximate surface area is 78.3 Å². The van der Waals surface area contributed by atoms with E-state index in [2.05, 4.69) is 5.32 Å². The number of nitrogens with one attached hydrogen (secondary N) is 1. The molecule has 0 aromatic heterocycles. The summed E-state index contributed by atoms with van der Waals surface area (Å²) >= 11 is 0. The standard InChI is InChI=1S/C9H17NO3/c1-13-6-2-3-7-4-5-8(10-7)9(11)12/h7-8,10H,2-6H2,1H3,(H,11,12). The molecule has 1 rings (SSSR count). The highest BCUT2D eigenvalue weighted by Crippen LogP contribution is 2.16. The van der Waals surface area contributed by atoms with E-state index in [-0.39, 0.29) is 6.04 Å². The minimum absolute atomic E-state index is 0.326. The van der Waals surface area contributed by atoms with Crippen molar-refractivity contribution < 1.29 is 14.6 Å². The van der Waals surface area contributed by atoms with Crippen LogP contribution < -0.4 is 5.32 Å². The first-order chi connectivity index (χ1) is 6.24. The summed E-state index contributed by atoms with van der Waals surface area (Å²) in [6.07, 6.45) is 3.74. The first-order valence-electron chi connectivity index (χ1n) is 4.72. The van der Waals surface area contributed by atoms with Crippen LogP contribution in [0, 0.1) is 0 Å². The van der Waals surface area contributed by atoms with Crippen molar-refractivity contribution in [3.63, 3.8) is 0 Å². The Morgan fingerprint density at radius 3 is 2.92 bits per heavy atom. The molecule has 0 aromatic carbocycles. The minimum Gasteiger partial charge on any atom is -0.480 e. The van der Waals surface area contributed by atoms with E-state index in [1.165, 1.54) is 0 Å². The molecule has 0 amide bonds. The summed E-state index contributed by atoms with van der Waals surface area (Å²) < 4.78 is 4.93. The third-order valence-corrected chi connectivity index (χ3v) is 2.44. The average molecular weight is 187 g/mol. The summed E-state index contributed by atoms with van der Waals surface area (Å²) in [5, 5.41) is 11.8. The van der Waals surface area contributed by atoms with Gasteiger partial charge in [0.25, 0.3) is 0 Å². The third kappa shape index (κ3) is 3.32. The van der Waals surface area contributed by atoms with E-state index in [0.717, 1.165) is 32.3 Å². The quantitative estimate of drug-likeness (QED) is 0.619. The fourth-order valence-electron chi connectivity index (χ4n) is 1.72. The van der Waals surface area contributed by atoms with Gasteiger partial charge in [-0.15, -0.1) is 0 Å². The maximum atomic E-state index is 10.6. The van der Waals surface area contributed by atoms with E-state index in [1.807, 2.05) is 0 Å². The topological polar surface area (TPSA) is 58.6 Å². The number of carboxylic acids is 1. The smallest absolute Gasteiger partial charge is 0.320 e. The van der Waals surface area contributed by atoms with Crippen LogP contribution in [0.3, 0.4) is 0 Å². The summed E-state index contributed by atoms with van der Waals surface area (Å²) in [5.74, 6) is -0.728. The van der Waals surface area contributed by atoms with Gasteiger partial charge in [0.1, 0.15) is 6.04 Å². The largest absolute Gasteiger partial charge is 0.480 e. The Hall–Kier alpha value is -0.610. The first kappa shape index (κ1) is 10.5. The second-order valence-electron chi connectivity index (χ2n) is 3.47. The zero-order valence-corrected chi connectivity index (χ0v) is 7.95. The number of methoxy groups -OCH3 is 1. The monoisotopic (exact) mass is 187 g/mol. The molecule has 2 unspecified atom stereocenters. The van der Waals surface area contributed by atoms with Gasteiger partial charge in [0.05, 0.1) is 0 Å². The Bertz CT molecular complexity index is 172. The molecular formula is C9H17NO3. The predicted octanol–water partition coefficient (Wildman–Crippen LogP) is 0.618. The number of rotatable bonds is 5. The van der Waals surface area contributed by atoms with Crippen LogP contribution in [0.15, 0.2) is 0 Å².